The third kappa shape index (κ3) is 2.54. The number of thiophene rings is 1. The van der Waals surface area contributed by atoms with E-state index in [0.717, 1.165) is 15.8 Å². The highest BCUT2D eigenvalue weighted by molar-refractivity contribution is 7.16. The number of nitrogen functional groups attached to an aromatic ring is 1. The van der Waals surface area contributed by atoms with Gasteiger partial charge in [-0.15, -0.1) is 11.3 Å². The van der Waals surface area contributed by atoms with E-state index in [9.17, 15) is 4.39 Å². The molecule has 1 aromatic carbocycles. The molecule has 4 N–H and O–H groups in total. The van der Waals surface area contributed by atoms with Gasteiger partial charge in [-0.05, 0) is 29.1 Å². The second kappa shape index (κ2) is 5.40. The van der Waals surface area contributed by atoms with Crippen molar-refractivity contribution >= 4 is 33.3 Å². The first-order valence-corrected chi connectivity index (χ1v) is 6.84. The number of rotatable bonds is 4. The number of benzene rings is 1. The molecule has 0 saturated heterocycles. The molecule has 3 rings (SSSR count). The highest BCUT2D eigenvalue weighted by atomic mass is 32.1. The van der Waals surface area contributed by atoms with Crippen LogP contribution in [-0.4, -0.2) is 9.97 Å². The summed E-state index contributed by atoms with van der Waals surface area (Å²) in [6.07, 6.45) is 0. The minimum atomic E-state index is -0.253. The highest BCUT2D eigenvalue weighted by Crippen LogP contribution is 2.26. The van der Waals surface area contributed by atoms with Gasteiger partial charge < -0.3 is 5.32 Å². The molecule has 102 valence electrons. The molecular weight excluding hydrogens is 277 g/mol. The molecule has 2 aromatic heterocycles. The Morgan fingerprint density at radius 2 is 2.15 bits per heavy atom. The fourth-order valence-corrected chi connectivity index (χ4v) is 2.65. The van der Waals surface area contributed by atoms with Crippen LogP contribution >= 0.6 is 11.3 Å². The number of nitrogens with two attached hydrogens (primary N) is 1. The Morgan fingerprint density at radius 1 is 1.25 bits per heavy atom. The van der Waals surface area contributed by atoms with E-state index < -0.39 is 0 Å². The van der Waals surface area contributed by atoms with Crippen molar-refractivity contribution < 1.29 is 4.39 Å². The van der Waals surface area contributed by atoms with Crippen LogP contribution in [0, 0.1) is 5.82 Å². The molecule has 0 amide bonds. The van der Waals surface area contributed by atoms with E-state index in [0.29, 0.717) is 18.3 Å². The molecule has 3 aromatic rings. The quantitative estimate of drug-likeness (QED) is 0.508. The molecule has 5 nitrogen and oxygen atoms in total. The number of halogens is 1. The zero-order valence-electron chi connectivity index (χ0n) is 10.4. The monoisotopic (exact) mass is 289 g/mol. The molecule has 0 atom stereocenters. The predicted octanol–water partition coefficient (Wildman–Crippen LogP) is 2.73. The van der Waals surface area contributed by atoms with Crippen molar-refractivity contribution in [2.75, 3.05) is 10.7 Å². The third-order valence-electron chi connectivity index (χ3n) is 2.80. The molecule has 7 heteroatoms. The van der Waals surface area contributed by atoms with Crippen LogP contribution < -0.4 is 16.6 Å². The van der Waals surface area contributed by atoms with E-state index in [1.165, 1.54) is 23.5 Å². The summed E-state index contributed by atoms with van der Waals surface area (Å²) in [6, 6.07) is 8.38. The first kappa shape index (κ1) is 12.8. The average Bonchev–Trinajstić information content (AvgIpc) is 2.93. The minimum Gasteiger partial charge on any atom is -0.365 e. The van der Waals surface area contributed by atoms with Gasteiger partial charge in [0.15, 0.2) is 0 Å². The van der Waals surface area contributed by atoms with E-state index in [-0.39, 0.29) is 5.82 Å². The second-order valence-corrected chi connectivity index (χ2v) is 5.06. The standard InChI is InChI=1S/C13H12FN5S/c14-9-3-1-2-8(6-9)7-16-11-10-4-5-20-12(10)18-13(17-11)19-15/h1-6H,7,15H2,(H2,16,17,18,19). The van der Waals surface area contributed by atoms with Gasteiger partial charge >= 0.3 is 0 Å². The van der Waals surface area contributed by atoms with Crippen molar-refractivity contribution in [2.45, 2.75) is 6.54 Å². The summed E-state index contributed by atoms with van der Waals surface area (Å²) in [6.45, 7) is 0.476. The summed E-state index contributed by atoms with van der Waals surface area (Å²) in [5.41, 5.74) is 3.28. The molecule has 0 radical (unpaired) electrons. The molecule has 0 aliphatic rings. The smallest absolute Gasteiger partial charge is 0.240 e. The van der Waals surface area contributed by atoms with Crippen molar-refractivity contribution in [3.8, 4) is 0 Å². The zero-order valence-corrected chi connectivity index (χ0v) is 11.2. The number of nitrogens with zero attached hydrogens (tertiary/aromatic N) is 2. The lowest BCUT2D eigenvalue weighted by molar-refractivity contribution is 0.626. The Labute approximate surface area is 118 Å². The lowest BCUT2D eigenvalue weighted by Gasteiger charge is -2.08. The van der Waals surface area contributed by atoms with E-state index >= 15 is 0 Å². The maximum atomic E-state index is 13.1. The van der Waals surface area contributed by atoms with Gasteiger partial charge in [-0.3, -0.25) is 5.43 Å². The van der Waals surface area contributed by atoms with Gasteiger partial charge in [-0.2, -0.15) is 4.98 Å². The number of hydrogen-bond acceptors (Lipinski definition) is 6. The molecule has 2 heterocycles. The normalized spacial score (nSPS) is 10.7. The lowest BCUT2D eigenvalue weighted by atomic mass is 10.2. The van der Waals surface area contributed by atoms with Crippen LogP contribution in [0.15, 0.2) is 35.7 Å². The summed E-state index contributed by atoms with van der Waals surface area (Å²) in [7, 11) is 0. The largest absolute Gasteiger partial charge is 0.365 e. The van der Waals surface area contributed by atoms with Crippen LogP contribution in [0.2, 0.25) is 0 Å². The first-order chi connectivity index (χ1) is 9.76. The van der Waals surface area contributed by atoms with Gasteiger partial charge in [0.25, 0.3) is 0 Å². The van der Waals surface area contributed by atoms with E-state index in [2.05, 4.69) is 20.7 Å². The van der Waals surface area contributed by atoms with Crippen LogP contribution in [0.3, 0.4) is 0 Å². The Bertz CT molecular complexity index is 742. The number of anilines is 2. The van der Waals surface area contributed by atoms with Gasteiger partial charge in [0.2, 0.25) is 5.95 Å². The SMILES string of the molecule is NNc1nc(NCc2cccc(F)c2)c2ccsc2n1. The molecule has 0 saturated carbocycles. The van der Waals surface area contributed by atoms with Gasteiger partial charge in [0, 0.05) is 6.54 Å². The van der Waals surface area contributed by atoms with E-state index in [1.54, 1.807) is 6.07 Å². The van der Waals surface area contributed by atoms with E-state index in [1.807, 2.05) is 17.5 Å². The van der Waals surface area contributed by atoms with Crippen LogP contribution in [0.1, 0.15) is 5.56 Å². The summed E-state index contributed by atoms with van der Waals surface area (Å²) in [5.74, 6) is 6.13. The van der Waals surface area contributed by atoms with Gasteiger partial charge in [0.05, 0.1) is 5.39 Å². The Morgan fingerprint density at radius 3 is 2.95 bits per heavy atom. The van der Waals surface area contributed by atoms with E-state index in [4.69, 9.17) is 5.84 Å². The number of hydrazine groups is 1. The summed E-state index contributed by atoms with van der Waals surface area (Å²) in [4.78, 5) is 9.38. The molecule has 0 unspecified atom stereocenters. The van der Waals surface area contributed by atoms with Crippen LogP contribution in [-0.2, 0) is 6.54 Å². The molecule has 0 aliphatic carbocycles. The van der Waals surface area contributed by atoms with Crippen molar-refractivity contribution in [3.63, 3.8) is 0 Å². The molecular formula is C13H12FN5S. The van der Waals surface area contributed by atoms with Crippen LogP contribution in [0.4, 0.5) is 16.2 Å². The Balaban J connectivity index is 1.88. The molecule has 0 bridgehead atoms. The first-order valence-electron chi connectivity index (χ1n) is 5.96. The summed E-state index contributed by atoms with van der Waals surface area (Å²) in [5, 5.41) is 6.04. The predicted molar refractivity (Wildman–Crippen MR) is 79.0 cm³/mol. The highest BCUT2D eigenvalue weighted by Gasteiger charge is 2.08. The maximum Gasteiger partial charge on any atom is 0.240 e. The van der Waals surface area contributed by atoms with Gasteiger partial charge in [-0.1, -0.05) is 12.1 Å². The van der Waals surface area contributed by atoms with Crippen LogP contribution in [0.25, 0.3) is 10.2 Å². The maximum absolute atomic E-state index is 13.1. The van der Waals surface area contributed by atoms with Crippen molar-refractivity contribution in [1.29, 1.82) is 0 Å². The number of nitrogens with one attached hydrogen (secondary N) is 2. The molecule has 0 aliphatic heterocycles. The summed E-state index contributed by atoms with van der Waals surface area (Å²) >= 11 is 1.51. The molecule has 0 spiro atoms. The fraction of sp³-hybridized carbons (Fsp3) is 0.0769. The molecule has 20 heavy (non-hydrogen) atoms. The number of fused-ring (bicyclic) bond motifs is 1. The van der Waals surface area contributed by atoms with Crippen molar-refractivity contribution in [2.24, 2.45) is 5.84 Å². The fourth-order valence-electron chi connectivity index (χ4n) is 1.89. The topological polar surface area (TPSA) is 75.9 Å². The Kier molecular flexibility index (Phi) is 3.44. The summed E-state index contributed by atoms with van der Waals surface area (Å²) < 4.78 is 13.1. The van der Waals surface area contributed by atoms with Crippen molar-refractivity contribution in [1.82, 2.24) is 9.97 Å². The molecule has 0 fully saturated rings. The van der Waals surface area contributed by atoms with Gasteiger partial charge in [0.1, 0.15) is 16.5 Å². The minimum absolute atomic E-state index is 0.253. The van der Waals surface area contributed by atoms with Gasteiger partial charge in [-0.25, -0.2) is 15.2 Å². The third-order valence-corrected chi connectivity index (χ3v) is 3.61. The van der Waals surface area contributed by atoms with Crippen LogP contribution in [0.5, 0.6) is 0 Å². The lowest BCUT2D eigenvalue weighted by Crippen LogP contribution is -2.12. The van der Waals surface area contributed by atoms with Crippen molar-refractivity contribution in [3.05, 3.63) is 47.1 Å². The Hall–Kier alpha value is -2.25. The number of aromatic nitrogens is 2. The second-order valence-electron chi connectivity index (χ2n) is 4.16. The zero-order chi connectivity index (χ0) is 13.9. The number of hydrogen-bond donors (Lipinski definition) is 3. The average molecular weight is 289 g/mol.